The van der Waals surface area contributed by atoms with Gasteiger partial charge in [0.25, 0.3) is 0 Å². The quantitative estimate of drug-likeness (QED) is 0.908. The third kappa shape index (κ3) is 3.99. The molecule has 1 aliphatic heterocycles. The molecule has 1 heterocycles. The number of morpholine rings is 1. The minimum Gasteiger partial charge on any atom is -0.388 e. The number of nitrogens with zero attached hydrogens (tertiary/aromatic N) is 2. The monoisotopic (exact) mass is 306 g/mol. The van der Waals surface area contributed by atoms with Crippen molar-refractivity contribution in [3.8, 4) is 0 Å². The van der Waals surface area contributed by atoms with E-state index in [2.05, 4.69) is 0 Å². The number of carbonyl (C=O) groups is 1. The van der Waals surface area contributed by atoms with Crippen LogP contribution in [0.25, 0.3) is 0 Å². The summed E-state index contributed by atoms with van der Waals surface area (Å²) >= 11 is 0. The molecule has 2 unspecified atom stereocenters. The van der Waals surface area contributed by atoms with Crippen LogP contribution in [0.1, 0.15) is 31.9 Å². The molecule has 0 aromatic heterocycles. The normalized spacial score (nSPS) is 19.8. The van der Waals surface area contributed by atoms with Gasteiger partial charge in [0.1, 0.15) is 0 Å². The van der Waals surface area contributed by atoms with Gasteiger partial charge in [-0.3, -0.25) is 0 Å². The topological polar surface area (TPSA) is 53.0 Å². The van der Waals surface area contributed by atoms with Crippen molar-refractivity contribution >= 4 is 6.03 Å². The summed E-state index contributed by atoms with van der Waals surface area (Å²) in [5, 5.41) is 10.4. The Kier molecular flexibility index (Phi) is 6.21. The van der Waals surface area contributed by atoms with Crippen LogP contribution >= 0.6 is 0 Å². The van der Waals surface area contributed by atoms with E-state index in [1.54, 1.807) is 0 Å². The molecular formula is C17H26N2O3. The van der Waals surface area contributed by atoms with Crippen molar-refractivity contribution in [2.45, 2.75) is 32.4 Å². The van der Waals surface area contributed by atoms with Crippen LogP contribution in [0.3, 0.4) is 0 Å². The van der Waals surface area contributed by atoms with Crippen LogP contribution in [0.2, 0.25) is 0 Å². The van der Waals surface area contributed by atoms with E-state index < -0.39 is 6.10 Å². The molecule has 122 valence electrons. The summed E-state index contributed by atoms with van der Waals surface area (Å²) in [6.45, 7) is 6.98. The average Bonchev–Trinajstić information content (AvgIpc) is 2.57. The van der Waals surface area contributed by atoms with Gasteiger partial charge in [0.05, 0.1) is 25.4 Å². The predicted octanol–water partition coefficient (Wildman–Crippen LogP) is 2.27. The van der Waals surface area contributed by atoms with Gasteiger partial charge in [-0.25, -0.2) is 4.79 Å². The van der Waals surface area contributed by atoms with E-state index >= 15 is 0 Å². The number of amides is 2. The van der Waals surface area contributed by atoms with Gasteiger partial charge in [-0.2, -0.15) is 0 Å². The molecule has 2 atom stereocenters. The van der Waals surface area contributed by atoms with E-state index in [0.29, 0.717) is 39.3 Å². The summed E-state index contributed by atoms with van der Waals surface area (Å²) in [6.07, 6.45) is -0.0864. The van der Waals surface area contributed by atoms with Gasteiger partial charge in [-0.15, -0.1) is 0 Å². The Hall–Kier alpha value is -1.59. The smallest absolute Gasteiger partial charge is 0.320 e. The van der Waals surface area contributed by atoms with Gasteiger partial charge in [0, 0.05) is 26.1 Å². The fourth-order valence-electron chi connectivity index (χ4n) is 2.85. The molecule has 0 aliphatic carbocycles. The molecular weight excluding hydrogens is 280 g/mol. The van der Waals surface area contributed by atoms with Crippen molar-refractivity contribution in [3.63, 3.8) is 0 Å². The van der Waals surface area contributed by atoms with E-state index in [1.807, 2.05) is 54.0 Å². The number of hydrogen-bond donors (Lipinski definition) is 1. The molecule has 0 bridgehead atoms. The maximum absolute atomic E-state index is 12.6. The maximum Gasteiger partial charge on any atom is 0.320 e. The number of ether oxygens (including phenoxy) is 1. The largest absolute Gasteiger partial charge is 0.388 e. The molecule has 0 spiro atoms. The first-order valence-corrected chi connectivity index (χ1v) is 8.03. The van der Waals surface area contributed by atoms with Crippen LogP contribution in [0.4, 0.5) is 4.79 Å². The van der Waals surface area contributed by atoms with Gasteiger partial charge >= 0.3 is 6.03 Å². The number of hydrogen-bond acceptors (Lipinski definition) is 3. The summed E-state index contributed by atoms with van der Waals surface area (Å²) in [5.41, 5.74) is 0.878. The first kappa shape index (κ1) is 16.8. The van der Waals surface area contributed by atoms with Gasteiger partial charge < -0.3 is 19.6 Å². The molecule has 1 fully saturated rings. The molecule has 0 saturated carbocycles. The lowest BCUT2D eigenvalue weighted by Crippen LogP contribution is -2.54. The van der Waals surface area contributed by atoms with Crippen molar-refractivity contribution in [3.05, 3.63) is 35.9 Å². The van der Waals surface area contributed by atoms with Crippen LogP contribution in [0.15, 0.2) is 30.3 Å². The molecule has 2 amide bonds. The molecule has 1 N–H and O–H groups in total. The highest BCUT2D eigenvalue weighted by Crippen LogP contribution is 2.23. The highest BCUT2D eigenvalue weighted by Gasteiger charge is 2.31. The lowest BCUT2D eigenvalue weighted by molar-refractivity contribution is -0.0135. The number of aliphatic hydroxyl groups excluding tert-OH is 1. The van der Waals surface area contributed by atoms with Gasteiger partial charge in [0.2, 0.25) is 0 Å². The average molecular weight is 306 g/mol. The van der Waals surface area contributed by atoms with E-state index in [9.17, 15) is 9.90 Å². The highest BCUT2D eigenvalue weighted by molar-refractivity contribution is 5.74. The zero-order valence-electron chi connectivity index (χ0n) is 13.4. The van der Waals surface area contributed by atoms with Gasteiger partial charge in [-0.05, 0) is 19.4 Å². The Morgan fingerprint density at radius 2 is 2.05 bits per heavy atom. The number of urea groups is 1. The number of rotatable bonds is 5. The molecule has 1 aromatic carbocycles. The SMILES string of the molecule is CCN(CC)C(=O)N1CCOCC1CC(O)c1ccccc1. The summed E-state index contributed by atoms with van der Waals surface area (Å²) in [6, 6.07) is 9.52. The summed E-state index contributed by atoms with van der Waals surface area (Å²) in [4.78, 5) is 16.3. The summed E-state index contributed by atoms with van der Waals surface area (Å²) < 4.78 is 5.52. The van der Waals surface area contributed by atoms with Crippen molar-refractivity contribution in [2.24, 2.45) is 0 Å². The fourth-order valence-corrected chi connectivity index (χ4v) is 2.85. The second-order valence-corrected chi connectivity index (χ2v) is 5.54. The van der Waals surface area contributed by atoms with Crippen molar-refractivity contribution in [2.75, 3.05) is 32.8 Å². The number of aliphatic hydroxyl groups is 1. The Morgan fingerprint density at radius 1 is 1.36 bits per heavy atom. The first-order chi connectivity index (χ1) is 10.7. The lowest BCUT2D eigenvalue weighted by atomic mass is 10.0. The molecule has 2 rings (SSSR count). The van der Waals surface area contributed by atoms with Gasteiger partial charge in [-0.1, -0.05) is 30.3 Å². The highest BCUT2D eigenvalue weighted by atomic mass is 16.5. The number of benzene rings is 1. The van der Waals surface area contributed by atoms with Crippen LogP contribution in [0.5, 0.6) is 0 Å². The van der Waals surface area contributed by atoms with Crippen molar-refractivity contribution in [1.82, 2.24) is 9.80 Å². The van der Waals surface area contributed by atoms with Crippen LogP contribution < -0.4 is 0 Å². The van der Waals surface area contributed by atoms with Gasteiger partial charge in [0.15, 0.2) is 0 Å². The first-order valence-electron chi connectivity index (χ1n) is 8.03. The summed E-state index contributed by atoms with van der Waals surface area (Å²) in [7, 11) is 0. The van der Waals surface area contributed by atoms with E-state index in [0.717, 1.165) is 5.56 Å². The predicted molar refractivity (Wildman–Crippen MR) is 85.6 cm³/mol. The second kappa shape index (κ2) is 8.15. The maximum atomic E-state index is 12.6. The third-order valence-corrected chi connectivity index (χ3v) is 4.19. The standard InChI is InChI=1S/C17H26N2O3/c1-3-18(4-2)17(21)19-10-11-22-13-15(19)12-16(20)14-8-6-5-7-9-14/h5-9,15-16,20H,3-4,10-13H2,1-2H3. The van der Waals surface area contributed by atoms with E-state index in [-0.39, 0.29) is 12.1 Å². The third-order valence-electron chi connectivity index (χ3n) is 4.19. The number of carbonyl (C=O) groups excluding carboxylic acids is 1. The zero-order chi connectivity index (χ0) is 15.9. The van der Waals surface area contributed by atoms with Crippen LogP contribution in [-0.2, 0) is 4.74 Å². The summed E-state index contributed by atoms with van der Waals surface area (Å²) in [5.74, 6) is 0. The Labute approximate surface area is 132 Å². The molecule has 5 nitrogen and oxygen atoms in total. The van der Waals surface area contributed by atoms with Crippen LogP contribution in [0, 0.1) is 0 Å². The van der Waals surface area contributed by atoms with E-state index in [4.69, 9.17) is 4.74 Å². The molecule has 5 heteroatoms. The lowest BCUT2D eigenvalue weighted by Gasteiger charge is -2.39. The minimum atomic E-state index is -0.583. The van der Waals surface area contributed by atoms with Crippen LogP contribution in [-0.4, -0.2) is 59.8 Å². The molecule has 0 radical (unpaired) electrons. The Bertz CT molecular complexity index is 462. The zero-order valence-corrected chi connectivity index (χ0v) is 13.4. The minimum absolute atomic E-state index is 0.0403. The molecule has 1 aromatic rings. The molecule has 22 heavy (non-hydrogen) atoms. The molecule has 1 saturated heterocycles. The molecule has 1 aliphatic rings. The van der Waals surface area contributed by atoms with E-state index in [1.165, 1.54) is 0 Å². The van der Waals surface area contributed by atoms with Crippen molar-refractivity contribution in [1.29, 1.82) is 0 Å². The second-order valence-electron chi connectivity index (χ2n) is 5.54. The Morgan fingerprint density at radius 3 is 2.68 bits per heavy atom. The Balaban J connectivity index is 2.05. The van der Waals surface area contributed by atoms with Crippen molar-refractivity contribution < 1.29 is 14.6 Å². The fraction of sp³-hybridized carbons (Fsp3) is 0.588.